The lowest BCUT2D eigenvalue weighted by Gasteiger charge is -2.36. The van der Waals surface area contributed by atoms with Gasteiger partial charge in [-0.2, -0.15) is 0 Å². The Balaban J connectivity index is 1.88. The Morgan fingerprint density at radius 3 is 2.44 bits per heavy atom. The first-order chi connectivity index (χ1) is 8.66. The minimum absolute atomic E-state index is 0.184. The zero-order valence-electron chi connectivity index (χ0n) is 11.3. The third-order valence-corrected chi connectivity index (χ3v) is 4.31. The highest BCUT2D eigenvalue weighted by Crippen LogP contribution is 2.25. The normalized spacial score (nSPS) is 26.1. The van der Waals surface area contributed by atoms with Crippen LogP contribution in [0.25, 0.3) is 0 Å². The Morgan fingerprint density at radius 1 is 1.28 bits per heavy atom. The molecule has 1 atom stereocenters. The summed E-state index contributed by atoms with van der Waals surface area (Å²) < 4.78 is 0. The van der Waals surface area contributed by atoms with Crippen molar-refractivity contribution in [3.8, 4) is 0 Å². The molecule has 0 aromatic heterocycles. The summed E-state index contributed by atoms with van der Waals surface area (Å²) in [7, 11) is 2.11. The summed E-state index contributed by atoms with van der Waals surface area (Å²) in [6, 6.07) is 0. The van der Waals surface area contributed by atoms with Crippen LogP contribution in [-0.4, -0.2) is 73.7 Å². The average molecular weight is 255 g/mol. The van der Waals surface area contributed by atoms with Gasteiger partial charge in [-0.05, 0) is 38.9 Å². The second kappa shape index (κ2) is 6.50. The number of nitrogens with one attached hydrogen (secondary N) is 1. The van der Waals surface area contributed by atoms with E-state index < -0.39 is 5.97 Å². The molecular formula is C13H25N3O2. The maximum Gasteiger partial charge on any atom is 0.308 e. The summed E-state index contributed by atoms with van der Waals surface area (Å²) in [4.78, 5) is 16.1. The fourth-order valence-corrected chi connectivity index (χ4v) is 3.03. The van der Waals surface area contributed by atoms with Crippen molar-refractivity contribution in [2.45, 2.75) is 12.8 Å². The van der Waals surface area contributed by atoms with E-state index in [2.05, 4.69) is 22.2 Å². The van der Waals surface area contributed by atoms with Gasteiger partial charge in [0, 0.05) is 32.7 Å². The molecule has 5 heteroatoms. The fraction of sp³-hybridized carbons (Fsp3) is 0.923. The molecule has 0 amide bonds. The zero-order chi connectivity index (χ0) is 13.0. The van der Waals surface area contributed by atoms with Crippen molar-refractivity contribution < 1.29 is 9.90 Å². The Morgan fingerprint density at radius 2 is 1.89 bits per heavy atom. The van der Waals surface area contributed by atoms with Crippen molar-refractivity contribution in [3.05, 3.63) is 0 Å². The molecule has 2 rings (SSSR count). The van der Waals surface area contributed by atoms with Gasteiger partial charge in [0.2, 0.25) is 0 Å². The number of piperidine rings is 1. The standard InChI is InChI=1S/C13H25N3O2/c1-15-6-2-11(3-7-15)12(13(17)18)10-16-8-4-14-5-9-16/h11-12,14H,2-10H2,1H3,(H,17,18). The summed E-state index contributed by atoms with van der Waals surface area (Å²) in [5, 5.41) is 12.8. The maximum absolute atomic E-state index is 11.5. The van der Waals surface area contributed by atoms with Crippen molar-refractivity contribution >= 4 is 5.97 Å². The molecule has 0 spiro atoms. The van der Waals surface area contributed by atoms with Gasteiger partial charge in [0.25, 0.3) is 0 Å². The molecule has 1 unspecified atom stereocenters. The first-order valence-electron chi connectivity index (χ1n) is 7.01. The molecule has 2 N–H and O–H groups in total. The van der Waals surface area contributed by atoms with Crippen molar-refractivity contribution in [3.63, 3.8) is 0 Å². The van der Waals surface area contributed by atoms with Gasteiger partial charge < -0.3 is 15.3 Å². The Labute approximate surface area is 109 Å². The SMILES string of the molecule is CN1CCC(C(CN2CCNCC2)C(=O)O)CC1. The third kappa shape index (κ3) is 3.67. The minimum Gasteiger partial charge on any atom is -0.481 e. The molecule has 0 saturated carbocycles. The van der Waals surface area contributed by atoms with E-state index in [4.69, 9.17) is 0 Å². The van der Waals surface area contributed by atoms with Crippen LogP contribution in [0.3, 0.4) is 0 Å². The quantitative estimate of drug-likeness (QED) is 0.737. The minimum atomic E-state index is -0.608. The topological polar surface area (TPSA) is 55.8 Å². The average Bonchev–Trinajstić information content (AvgIpc) is 2.38. The lowest BCUT2D eigenvalue weighted by Crippen LogP contribution is -2.48. The second-order valence-electron chi connectivity index (χ2n) is 5.64. The smallest absolute Gasteiger partial charge is 0.308 e. The van der Waals surface area contributed by atoms with Gasteiger partial charge in [0.05, 0.1) is 5.92 Å². The van der Waals surface area contributed by atoms with Crippen LogP contribution in [0.2, 0.25) is 0 Å². The Hall–Kier alpha value is -0.650. The van der Waals surface area contributed by atoms with Gasteiger partial charge >= 0.3 is 5.97 Å². The highest BCUT2D eigenvalue weighted by Gasteiger charge is 2.32. The molecule has 0 aromatic carbocycles. The zero-order valence-corrected chi connectivity index (χ0v) is 11.3. The summed E-state index contributed by atoms with van der Waals surface area (Å²) >= 11 is 0. The second-order valence-corrected chi connectivity index (χ2v) is 5.64. The maximum atomic E-state index is 11.5. The van der Waals surface area contributed by atoms with Crippen LogP contribution >= 0.6 is 0 Å². The number of hydrogen-bond donors (Lipinski definition) is 2. The number of carboxylic acids is 1. The van der Waals surface area contributed by atoms with Crippen LogP contribution in [0.4, 0.5) is 0 Å². The van der Waals surface area contributed by atoms with Gasteiger partial charge in [-0.3, -0.25) is 9.69 Å². The monoisotopic (exact) mass is 255 g/mol. The lowest BCUT2D eigenvalue weighted by atomic mass is 9.84. The number of hydrogen-bond acceptors (Lipinski definition) is 4. The molecule has 0 bridgehead atoms. The molecule has 5 nitrogen and oxygen atoms in total. The number of likely N-dealkylation sites (tertiary alicyclic amines) is 1. The summed E-state index contributed by atoms with van der Waals surface area (Å²) in [6.07, 6.45) is 2.05. The highest BCUT2D eigenvalue weighted by atomic mass is 16.4. The van der Waals surface area contributed by atoms with E-state index in [1.165, 1.54) is 0 Å². The molecule has 2 heterocycles. The largest absolute Gasteiger partial charge is 0.481 e. The number of nitrogens with zero attached hydrogens (tertiary/aromatic N) is 2. The first-order valence-corrected chi connectivity index (χ1v) is 7.01. The van der Waals surface area contributed by atoms with Crippen LogP contribution in [0.1, 0.15) is 12.8 Å². The first kappa shape index (κ1) is 13.8. The van der Waals surface area contributed by atoms with E-state index in [1.54, 1.807) is 0 Å². The van der Waals surface area contributed by atoms with E-state index in [1.807, 2.05) is 0 Å². The van der Waals surface area contributed by atoms with E-state index in [0.717, 1.165) is 58.7 Å². The molecule has 104 valence electrons. The predicted molar refractivity (Wildman–Crippen MR) is 70.7 cm³/mol. The Bertz CT molecular complexity index is 271. The van der Waals surface area contributed by atoms with Crippen LogP contribution in [0.15, 0.2) is 0 Å². The van der Waals surface area contributed by atoms with E-state index in [0.29, 0.717) is 5.92 Å². The van der Waals surface area contributed by atoms with Gasteiger partial charge in [-0.15, -0.1) is 0 Å². The summed E-state index contributed by atoms with van der Waals surface area (Å²) in [5.41, 5.74) is 0. The van der Waals surface area contributed by atoms with Crippen molar-refractivity contribution in [1.82, 2.24) is 15.1 Å². The number of aliphatic carboxylic acids is 1. The predicted octanol–water partition coefficient (Wildman–Crippen LogP) is -0.0658. The van der Waals surface area contributed by atoms with Gasteiger partial charge in [-0.1, -0.05) is 0 Å². The van der Waals surface area contributed by atoms with E-state index in [9.17, 15) is 9.90 Å². The molecule has 18 heavy (non-hydrogen) atoms. The third-order valence-electron chi connectivity index (χ3n) is 4.31. The molecule has 2 fully saturated rings. The molecular weight excluding hydrogens is 230 g/mol. The fourth-order valence-electron chi connectivity index (χ4n) is 3.03. The number of piperazine rings is 1. The number of rotatable bonds is 4. The van der Waals surface area contributed by atoms with Crippen LogP contribution in [0, 0.1) is 11.8 Å². The van der Waals surface area contributed by atoms with Crippen molar-refractivity contribution in [1.29, 1.82) is 0 Å². The van der Waals surface area contributed by atoms with E-state index >= 15 is 0 Å². The molecule has 2 saturated heterocycles. The Kier molecular flexibility index (Phi) is 4.97. The molecule has 0 aliphatic carbocycles. The van der Waals surface area contributed by atoms with Crippen LogP contribution in [0.5, 0.6) is 0 Å². The van der Waals surface area contributed by atoms with E-state index in [-0.39, 0.29) is 5.92 Å². The van der Waals surface area contributed by atoms with Crippen molar-refractivity contribution in [2.75, 3.05) is 52.9 Å². The van der Waals surface area contributed by atoms with Gasteiger partial charge in [0.1, 0.15) is 0 Å². The lowest BCUT2D eigenvalue weighted by molar-refractivity contribution is -0.145. The molecule has 0 radical (unpaired) electrons. The molecule has 2 aliphatic rings. The van der Waals surface area contributed by atoms with Gasteiger partial charge in [0.15, 0.2) is 0 Å². The summed E-state index contributed by atoms with van der Waals surface area (Å²) in [5.74, 6) is -0.437. The molecule has 0 aromatic rings. The van der Waals surface area contributed by atoms with Gasteiger partial charge in [-0.25, -0.2) is 0 Å². The van der Waals surface area contributed by atoms with Crippen molar-refractivity contribution in [2.24, 2.45) is 11.8 Å². The number of carboxylic acid groups (broad SMARTS) is 1. The number of carbonyl (C=O) groups is 1. The molecule has 2 aliphatic heterocycles. The summed E-state index contributed by atoms with van der Waals surface area (Å²) in [6.45, 7) is 6.74. The highest BCUT2D eigenvalue weighted by molar-refractivity contribution is 5.70. The van der Waals surface area contributed by atoms with Crippen LogP contribution in [-0.2, 0) is 4.79 Å². The van der Waals surface area contributed by atoms with Crippen LogP contribution < -0.4 is 5.32 Å².